The first-order chi connectivity index (χ1) is 14.2. The topological polar surface area (TPSA) is 117 Å². The normalized spacial score (nSPS) is 23.2. The maximum Gasteiger partial charge on any atom is 0.228 e. The van der Waals surface area contributed by atoms with E-state index in [0.29, 0.717) is 16.9 Å². The number of aryl methyl sites for hydroxylation is 1. The van der Waals surface area contributed by atoms with Gasteiger partial charge in [0, 0.05) is 33.5 Å². The summed E-state index contributed by atoms with van der Waals surface area (Å²) in [7, 11) is -3.83. The highest BCUT2D eigenvalue weighted by Gasteiger charge is 2.46. The van der Waals surface area contributed by atoms with E-state index in [9.17, 15) is 23.4 Å². The molecule has 0 bridgehead atoms. The van der Waals surface area contributed by atoms with Crippen LogP contribution in [0.1, 0.15) is 52.6 Å². The van der Waals surface area contributed by atoms with Crippen molar-refractivity contribution in [2.75, 3.05) is 5.75 Å². The summed E-state index contributed by atoms with van der Waals surface area (Å²) in [4.78, 5) is 16.9. The third kappa shape index (κ3) is 1.92. The zero-order valence-electron chi connectivity index (χ0n) is 16.0. The SMILES string of the molecule is CC12CCCc3coc(c31)C(=O)c1cc3c(O)c4c(c(O)c3cc12)S(=O)(=O)CC=N4. The zero-order chi connectivity index (χ0) is 21.0. The third-order valence-electron chi connectivity index (χ3n) is 6.73. The van der Waals surface area contributed by atoms with Crippen LogP contribution in [0, 0.1) is 0 Å². The van der Waals surface area contributed by atoms with E-state index >= 15 is 0 Å². The van der Waals surface area contributed by atoms with Gasteiger partial charge >= 0.3 is 0 Å². The van der Waals surface area contributed by atoms with Crippen molar-refractivity contribution in [3.8, 4) is 11.5 Å². The van der Waals surface area contributed by atoms with E-state index in [1.807, 2.05) is 6.92 Å². The zero-order valence-corrected chi connectivity index (χ0v) is 16.8. The number of rotatable bonds is 0. The van der Waals surface area contributed by atoms with E-state index in [4.69, 9.17) is 4.42 Å². The van der Waals surface area contributed by atoms with Crippen LogP contribution in [0.3, 0.4) is 0 Å². The molecule has 0 fully saturated rings. The summed E-state index contributed by atoms with van der Waals surface area (Å²) < 4.78 is 30.8. The number of fused-ring (bicyclic) bond motifs is 4. The van der Waals surface area contributed by atoms with Crippen molar-refractivity contribution in [2.24, 2.45) is 4.99 Å². The molecule has 0 saturated carbocycles. The van der Waals surface area contributed by atoms with E-state index in [1.54, 1.807) is 12.3 Å². The Balaban J connectivity index is 1.76. The van der Waals surface area contributed by atoms with Crippen LogP contribution in [0.15, 0.2) is 32.7 Å². The number of carbonyl (C=O) groups is 1. The van der Waals surface area contributed by atoms with Gasteiger partial charge < -0.3 is 14.6 Å². The van der Waals surface area contributed by atoms with Gasteiger partial charge in [-0.15, -0.1) is 0 Å². The van der Waals surface area contributed by atoms with Gasteiger partial charge in [0.2, 0.25) is 5.78 Å². The standard InChI is InChI=1S/C22H17NO6S/c1-22-4-2-3-10-9-29-20(15(10)22)18(25)13-7-11-12(8-14(13)22)19(26)21-16(17(11)24)23-5-6-30(21,27)28/h5,7-9,24,26H,2-4,6H2,1H3. The van der Waals surface area contributed by atoms with Crippen LogP contribution in [0.5, 0.6) is 11.5 Å². The molecule has 1 aromatic heterocycles. The lowest BCUT2D eigenvalue weighted by Gasteiger charge is -2.39. The van der Waals surface area contributed by atoms with Crippen LogP contribution in [0.4, 0.5) is 5.69 Å². The molecule has 30 heavy (non-hydrogen) atoms. The molecule has 2 heterocycles. The fourth-order valence-corrected chi connectivity index (χ4v) is 6.61. The van der Waals surface area contributed by atoms with Crippen LogP contribution in [-0.2, 0) is 21.7 Å². The first-order valence-corrected chi connectivity index (χ1v) is 11.4. The van der Waals surface area contributed by atoms with Gasteiger partial charge in [-0.1, -0.05) is 6.92 Å². The molecule has 0 spiro atoms. The summed E-state index contributed by atoms with van der Waals surface area (Å²) >= 11 is 0. The Morgan fingerprint density at radius 1 is 1.17 bits per heavy atom. The second-order valence-corrected chi connectivity index (χ2v) is 10.4. The first kappa shape index (κ1) is 17.7. The summed E-state index contributed by atoms with van der Waals surface area (Å²) in [6.45, 7) is 2.04. The van der Waals surface area contributed by atoms with Crippen LogP contribution in [-0.4, -0.2) is 36.4 Å². The van der Waals surface area contributed by atoms with Crippen LogP contribution < -0.4 is 0 Å². The Bertz CT molecular complexity index is 1460. The number of sulfone groups is 1. The van der Waals surface area contributed by atoms with Crippen molar-refractivity contribution < 1.29 is 27.8 Å². The number of nitrogens with zero attached hydrogens (tertiary/aromatic N) is 1. The number of hydrogen-bond donors (Lipinski definition) is 2. The second-order valence-electron chi connectivity index (χ2n) is 8.39. The third-order valence-corrected chi connectivity index (χ3v) is 8.33. The molecule has 3 aromatic rings. The minimum Gasteiger partial charge on any atom is -0.506 e. The first-order valence-electron chi connectivity index (χ1n) is 9.71. The fourth-order valence-electron chi connectivity index (χ4n) is 5.33. The van der Waals surface area contributed by atoms with Gasteiger partial charge in [0.1, 0.15) is 16.3 Å². The molecule has 1 unspecified atom stereocenters. The molecule has 1 atom stereocenters. The van der Waals surface area contributed by atoms with Gasteiger partial charge in [-0.05, 0) is 42.5 Å². The molecule has 2 N–H and O–H groups in total. The largest absolute Gasteiger partial charge is 0.506 e. The Kier molecular flexibility index (Phi) is 3.14. The monoisotopic (exact) mass is 423 g/mol. The molecule has 0 amide bonds. The fraction of sp³-hybridized carbons (Fsp3) is 0.273. The predicted octanol–water partition coefficient (Wildman–Crippen LogP) is 3.52. The quantitative estimate of drug-likeness (QED) is 0.534. The van der Waals surface area contributed by atoms with E-state index in [2.05, 4.69) is 4.99 Å². The number of benzene rings is 2. The van der Waals surface area contributed by atoms with Crippen molar-refractivity contribution in [2.45, 2.75) is 36.5 Å². The van der Waals surface area contributed by atoms with E-state index in [-0.39, 0.29) is 38.6 Å². The lowest BCUT2D eigenvalue weighted by atomic mass is 9.63. The van der Waals surface area contributed by atoms with Crippen molar-refractivity contribution in [3.63, 3.8) is 0 Å². The summed E-state index contributed by atoms with van der Waals surface area (Å²) in [5.41, 5.74) is 2.29. The Morgan fingerprint density at radius 2 is 1.93 bits per heavy atom. The summed E-state index contributed by atoms with van der Waals surface area (Å²) in [6.07, 6.45) is 5.37. The number of aromatic hydroxyl groups is 2. The number of hydrogen-bond acceptors (Lipinski definition) is 7. The van der Waals surface area contributed by atoms with Crippen molar-refractivity contribution >= 4 is 38.3 Å². The number of carbonyl (C=O) groups excluding carboxylic acids is 1. The summed E-state index contributed by atoms with van der Waals surface area (Å²) in [5.74, 6) is -1.11. The molecule has 0 saturated heterocycles. The summed E-state index contributed by atoms with van der Waals surface area (Å²) in [6, 6.07) is 3.17. The van der Waals surface area contributed by atoms with Gasteiger partial charge in [0.15, 0.2) is 21.3 Å². The van der Waals surface area contributed by atoms with Crippen LogP contribution in [0.25, 0.3) is 10.8 Å². The predicted molar refractivity (Wildman–Crippen MR) is 109 cm³/mol. The van der Waals surface area contributed by atoms with Crippen molar-refractivity contribution in [3.05, 3.63) is 46.4 Å². The molecular formula is C22H17NO6S. The molecule has 0 radical (unpaired) electrons. The van der Waals surface area contributed by atoms with Crippen molar-refractivity contribution in [1.29, 1.82) is 0 Å². The molecule has 7 nitrogen and oxygen atoms in total. The van der Waals surface area contributed by atoms with Gasteiger partial charge in [0.05, 0.1) is 12.0 Å². The van der Waals surface area contributed by atoms with Gasteiger partial charge in [-0.3, -0.25) is 9.79 Å². The molecule has 8 heteroatoms. The van der Waals surface area contributed by atoms with E-state index in [1.165, 1.54) is 12.3 Å². The number of aliphatic imine (C=N–C) groups is 1. The average molecular weight is 423 g/mol. The second kappa shape index (κ2) is 5.31. The van der Waals surface area contributed by atoms with Gasteiger partial charge in [-0.2, -0.15) is 0 Å². The Morgan fingerprint density at radius 3 is 2.73 bits per heavy atom. The average Bonchev–Trinajstić information content (AvgIpc) is 3.15. The Labute approximate surface area is 171 Å². The maximum absolute atomic E-state index is 13.2. The number of ketones is 1. The van der Waals surface area contributed by atoms with E-state index < -0.39 is 21.0 Å². The highest BCUT2D eigenvalue weighted by atomic mass is 32.2. The number of furan rings is 1. The molecule has 1 aliphatic heterocycles. The highest BCUT2D eigenvalue weighted by molar-refractivity contribution is 7.92. The molecule has 152 valence electrons. The van der Waals surface area contributed by atoms with Gasteiger partial charge in [-0.25, -0.2) is 8.42 Å². The maximum atomic E-state index is 13.2. The minimum atomic E-state index is -3.83. The Hall–Kier alpha value is -3.13. The van der Waals surface area contributed by atoms with Crippen LogP contribution in [0.2, 0.25) is 0 Å². The highest BCUT2D eigenvalue weighted by Crippen LogP contribution is 2.54. The lowest BCUT2D eigenvalue weighted by molar-refractivity contribution is 0.0998. The summed E-state index contributed by atoms with van der Waals surface area (Å²) in [5, 5.41) is 22.1. The molecule has 2 aliphatic carbocycles. The molecule has 2 aromatic carbocycles. The molecule has 3 aliphatic rings. The number of phenolic OH excluding ortho intramolecular Hbond substituents is 2. The van der Waals surface area contributed by atoms with Crippen LogP contribution >= 0.6 is 0 Å². The van der Waals surface area contributed by atoms with E-state index in [0.717, 1.165) is 30.4 Å². The minimum absolute atomic E-state index is 0.183. The smallest absolute Gasteiger partial charge is 0.228 e. The van der Waals surface area contributed by atoms with Gasteiger partial charge in [0.25, 0.3) is 0 Å². The molecular weight excluding hydrogens is 406 g/mol. The lowest BCUT2D eigenvalue weighted by Crippen LogP contribution is -2.35. The van der Waals surface area contributed by atoms with Crippen molar-refractivity contribution in [1.82, 2.24) is 0 Å². The number of phenols is 2. The molecule has 6 rings (SSSR count).